The van der Waals surface area contributed by atoms with E-state index in [-0.39, 0.29) is 5.78 Å². The number of allylic oxidation sites excluding steroid dienone is 1. The molecular weight excluding hydrogens is 238 g/mol. The van der Waals surface area contributed by atoms with Crippen LogP contribution in [0.1, 0.15) is 20.8 Å². The average molecular weight is 253 g/mol. The molecule has 2 aliphatic heterocycles. The van der Waals surface area contributed by atoms with Gasteiger partial charge in [0.15, 0.2) is 17.9 Å². The number of nitrogens with zero attached hydrogens (tertiary/aromatic N) is 3. The maximum atomic E-state index is 10.9. The normalized spacial score (nSPS) is 37.5. The molecule has 4 atom stereocenters. The van der Waals surface area contributed by atoms with Gasteiger partial charge in [-0.3, -0.25) is 4.79 Å². The van der Waals surface area contributed by atoms with Crippen LogP contribution in [0.3, 0.4) is 0 Å². The smallest absolute Gasteiger partial charge is 0.188 e. The molecule has 18 heavy (non-hydrogen) atoms. The van der Waals surface area contributed by atoms with Gasteiger partial charge in [-0.15, -0.1) is 0 Å². The Kier molecular flexibility index (Phi) is 3.41. The van der Waals surface area contributed by atoms with Crippen molar-refractivity contribution in [2.75, 3.05) is 0 Å². The van der Waals surface area contributed by atoms with Crippen molar-refractivity contribution in [1.29, 1.82) is 0 Å². The van der Waals surface area contributed by atoms with Gasteiger partial charge in [-0.1, -0.05) is 11.2 Å². The molecule has 0 spiro atoms. The topological polar surface area (TPSA) is 93.5 Å². The second kappa shape index (κ2) is 4.70. The lowest BCUT2D eigenvalue weighted by atomic mass is 10.1. The predicted octanol–water partition coefficient (Wildman–Crippen LogP) is 1.69. The number of ketones is 1. The molecule has 2 saturated heterocycles. The molecular formula is C11H15N3O4. The van der Waals surface area contributed by atoms with Gasteiger partial charge in [0.2, 0.25) is 0 Å². The van der Waals surface area contributed by atoms with Crippen LogP contribution < -0.4 is 0 Å². The molecule has 98 valence electrons. The van der Waals surface area contributed by atoms with Gasteiger partial charge in [0.05, 0.1) is 12.1 Å². The van der Waals surface area contributed by atoms with Crippen molar-refractivity contribution in [3.8, 4) is 0 Å². The molecule has 7 heteroatoms. The third-order valence-electron chi connectivity index (χ3n) is 2.76. The van der Waals surface area contributed by atoms with Crippen LogP contribution in [0, 0.1) is 0 Å². The fourth-order valence-corrected chi connectivity index (χ4v) is 2.10. The van der Waals surface area contributed by atoms with E-state index in [4.69, 9.17) is 19.7 Å². The number of ether oxygens (including phenoxy) is 3. The molecule has 0 amide bonds. The van der Waals surface area contributed by atoms with Gasteiger partial charge in [-0.2, -0.15) is 0 Å². The lowest BCUT2D eigenvalue weighted by molar-refractivity contribution is -0.201. The highest BCUT2D eigenvalue weighted by atomic mass is 16.8. The van der Waals surface area contributed by atoms with Gasteiger partial charge in [-0.25, -0.2) is 0 Å². The van der Waals surface area contributed by atoms with E-state index in [1.807, 2.05) is 0 Å². The van der Waals surface area contributed by atoms with Gasteiger partial charge < -0.3 is 14.2 Å². The number of fused-ring (bicyclic) bond motifs is 1. The third-order valence-corrected chi connectivity index (χ3v) is 2.76. The first-order valence-electron chi connectivity index (χ1n) is 5.67. The zero-order chi connectivity index (χ0) is 13.3. The summed E-state index contributed by atoms with van der Waals surface area (Å²) in [5.74, 6) is -0.856. The summed E-state index contributed by atoms with van der Waals surface area (Å²) < 4.78 is 16.8. The standard InChI is InChI=1S/C11H15N3O4/c1-6(15)4-5-7-8(13-14-12)9-10(16-7)18-11(2,3)17-9/h4-5,7-10H,1-3H3/b5-4+/t7-,8+,9-,10-/m1/s1. The van der Waals surface area contributed by atoms with Gasteiger partial charge in [0.1, 0.15) is 6.10 Å². The van der Waals surface area contributed by atoms with Crippen LogP contribution in [0.25, 0.3) is 10.4 Å². The number of carbonyl (C=O) groups excluding carboxylic acids is 1. The zero-order valence-corrected chi connectivity index (χ0v) is 10.4. The van der Waals surface area contributed by atoms with Crippen molar-refractivity contribution >= 4 is 5.78 Å². The van der Waals surface area contributed by atoms with Crippen LogP contribution in [0.15, 0.2) is 17.3 Å². The summed E-state index contributed by atoms with van der Waals surface area (Å²) in [5.41, 5.74) is 8.59. The van der Waals surface area contributed by atoms with Crippen molar-refractivity contribution in [3.05, 3.63) is 22.6 Å². The Morgan fingerprint density at radius 3 is 2.78 bits per heavy atom. The van der Waals surface area contributed by atoms with E-state index in [0.717, 1.165) is 0 Å². The first-order chi connectivity index (χ1) is 8.43. The van der Waals surface area contributed by atoms with Gasteiger partial charge in [0, 0.05) is 4.91 Å². The quantitative estimate of drug-likeness (QED) is 0.331. The minimum Gasteiger partial charge on any atom is -0.342 e. The van der Waals surface area contributed by atoms with E-state index in [2.05, 4.69) is 10.0 Å². The molecule has 0 saturated carbocycles. The van der Waals surface area contributed by atoms with E-state index in [0.29, 0.717) is 0 Å². The Morgan fingerprint density at radius 1 is 1.44 bits per heavy atom. The monoisotopic (exact) mass is 253 g/mol. The van der Waals surface area contributed by atoms with Crippen molar-refractivity contribution in [2.24, 2.45) is 5.11 Å². The van der Waals surface area contributed by atoms with Gasteiger partial charge >= 0.3 is 0 Å². The zero-order valence-electron chi connectivity index (χ0n) is 10.4. The molecule has 0 aliphatic carbocycles. The van der Waals surface area contributed by atoms with Crippen molar-refractivity contribution < 1.29 is 19.0 Å². The fraction of sp³-hybridized carbons (Fsp3) is 0.727. The van der Waals surface area contributed by atoms with E-state index in [9.17, 15) is 4.79 Å². The Morgan fingerprint density at radius 2 is 2.17 bits per heavy atom. The van der Waals surface area contributed by atoms with E-state index < -0.39 is 30.3 Å². The Labute approximate surface area is 104 Å². The highest BCUT2D eigenvalue weighted by Crippen LogP contribution is 2.39. The number of hydrogen-bond acceptors (Lipinski definition) is 5. The summed E-state index contributed by atoms with van der Waals surface area (Å²) in [6.45, 7) is 4.97. The van der Waals surface area contributed by atoms with Crippen LogP contribution in [-0.4, -0.2) is 36.1 Å². The van der Waals surface area contributed by atoms with Gasteiger partial charge in [0.25, 0.3) is 0 Å². The minimum atomic E-state index is -0.756. The summed E-state index contributed by atoms with van der Waals surface area (Å²) in [6.07, 6.45) is 1.43. The first kappa shape index (κ1) is 13.0. The number of azide groups is 1. The summed E-state index contributed by atoms with van der Waals surface area (Å²) in [4.78, 5) is 13.7. The molecule has 7 nitrogen and oxygen atoms in total. The molecule has 2 aliphatic rings. The van der Waals surface area contributed by atoms with Crippen molar-refractivity contribution in [1.82, 2.24) is 0 Å². The molecule has 0 bridgehead atoms. The van der Waals surface area contributed by atoms with Crippen molar-refractivity contribution in [2.45, 2.75) is 51.1 Å². The average Bonchev–Trinajstić information content (AvgIpc) is 2.70. The number of carbonyl (C=O) groups is 1. The molecule has 0 aromatic rings. The summed E-state index contributed by atoms with van der Waals surface area (Å²) >= 11 is 0. The van der Waals surface area contributed by atoms with Crippen LogP contribution in [0.2, 0.25) is 0 Å². The second-order valence-corrected chi connectivity index (χ2v) is 4.73. The Balaban J connectivity index is 2.17. The molecule has 2 rings (SSSR count). The Hall–Kier alpha value is -1.40. The SMILES string of the molecule is CC(=O)/C=C/[C@H]1O[C@@H]2OC(C)(C)O[C@@H]2[C@H]1N=[N+]=[N-]. The lowest BCUT2D eigenvalue weighted by Gasteiger charge is -2.21. The van der Waals surface area contributed by atoms with E-state index in [1.54, 1.807) is 19.9 Å². The van der Waals surface area contributed by atoms with Crippen LogP contribution in [0.4, 0.5) is 0 Å². The third kappa shape index (κ3) is 2.54. The Bertz CT molecular complexity index is 428. The van der Waals surface area contributed by atoms with Crippen LogP contribution in [0.5, 0.6) is 0 Å². The molecule has 0 unspecified atom stereocenters. The van der Waals surface area contributed by atoms with E-state index >= 15 is 0 Å². The van der Waals surface area contributed by atoms with E-state index in [1.165, 1.54) is 13.0 Å². The molecule has 0 aromatic carbocycles. The maximum Gasteiger partial charge on any atom is 0.188 e. The fourth-order valence-electron chi connectivity index (χ4n) is 2.10. The van der Waals surface area contributed by atoms with Crippen LogP contribution >= 0.6 is 0 Å². The predicted molar refractivity (Wildman–Crippen MR) is 61.5 cm³/mol. The maximum absolute atomic E-state index is 10.9. The van der Waals surface area contributed by atoms with Gasteiger partial charge in [-0.05, 0) is 32.4 Å². The summed E-state index contributed by atoms with van der Waals surface area (Å²) in [6, 6.07) is -0.530. The summed E-state index contributed by atoms with van der Waals surface area (Å²) in [7, 11) is 0. The van der Waals surface area contributed by atoms with Crippen LogP contribution in [-0.2, 0) is 19.0 Å². The molecule has 0 N–H and O–H groups in total. The lowest BCUT2D eigenvalue weighted by Crippen LogP contribution is -2.32. The second-order valence-electron chi connectivity index (χ2n) is 4.73. The molecule has 2 heterocycles. The number of rotatable bonds is 3. The molecule has 0 aromatic heterocycles. The minimum absolute atomic E-state index is 0.0995. The highest BCUT2D eigenvalue weighted by molar-refractivity contribution is 5.87. The van der Waals surface area contributed by atoms with Crippen molar-refractivity contribution in [3.63, 3.8) is 0 Å². The highest BCUT2D eigenvalue weighted by Gasteiger charge is 2.53. The molecule has 0 radical (unpaired) electrons. The largest absolute Gasteiger partial charge is 0.342 e. The molecule has 2 fully saturated rings. The summed E-state index contributed by atoms with van der Waals surface area (Å²) in [5, 5.41) is 3.68. The first-order valence-corrected chi connectivity index (χ1v) is 5.67. The number of hydrogen-bond donors (Lipinski definition) is 0.